The molecule has 114 valence electrons. The first-order chi connectivity index (χ1) is 10.2. The lowest BCUT2D eigenvalue weighted by Gasteiger charge is -2.30. The van der Waals surface area contributed by atoms with E-state index in [-0.39, 0.29) is 5.91 Å². The normalized spacial score (nSPS) is 19.3. The number of nitrogen functional groups attached to an aromatic ring is 1. The van der Waals surface area contributed by atoms with Gasteiger partial charge in [-0.15, -0.1) is 0 Å². The van der Waals surface area contributed by atoms with E-state index in [1.807, 2.05) is 17.0 Å². The highest BCUT2D eigenvalue weighted by atomic mass is 16.2. The van der Waals surface area contributed by atoms with Crippen LogP contribution in [0.4, 0.5) is 11.4 Å². The molecular weight excluding hydrogens is 260 g/mol. The van der Waals surface area contributed by atoms with Crippen LogP contribution in [0.25, 0.3) is 0 Å². The Hall–Kier alpha value is -1.51. The molecule has 1 heterocycles. The quantitative estimate of drug-likeness (QED) is 0.856. The number of aryl methyl sites for hydroxylation is 1. The van der Waals surface area contributed by atoms with E-state index in [0.717, 1.165) is 43.1 Å². The fraction of sp³-hybridized carbons (Fsp3) is 0.611. The summed E-state index contributed by atoms with van der Waals surface area (Å²) >= 11 is 0. The van der Waals surface area contributed by atoms with Gasteiger partial charge in [0.05, 0.1) is 0 Å². The zero-order valence-electron chi connectivity index (χ0n) is 12.8. The van der Waals surface area contributed by atoms with Crippen molar-refractivity contribution in [2.75, 3.05) is 17.2 Å². The van der Waals surface area contributed by atoms with Crippen LogP contribution in [0.15, 0.2) is 18.2 Å². The Bertz CT molecular complexity index is 506. The molecule has 1 saturated carbocycles. The van der Waals surface area contributed by atoms with Crippen LogP contribution in [0.2, 0.25) is 0 Å². The van der Waals surface area contributed by atoms with Crippen LogP contribution in [0.1, 0.15) is 56.9 Å². The number of anilines is 2. The van der Waals surface area contributed by atoms with Gasteiger partial charge in [-0.1, -0.05) is 38.2 Å². The van der Waals surface area contributed by atoms with E-state index in [1.54, 1.807) is 0 Å². The highest BCUT2D eigenvalue weighted by molar-refractivity contribution is 5.95. The van der Waals surface area contributed by atoms with E-state index in [4.69, 9.17) is 5.73 Å². The summed E-state index contributed by atoms with van der Waals surface area (Å²) in [5.41, 5.74) is 8.96. The van der Waals surface area contributed by atoms with Crippen molar-refractivity contribution in [1.29, 1.82) is 0 Å². The van der Waals surface area contributed by atoms with E-state index in [0.29, 0.717) is 6.42 Å². The molecule has 1 aliphatic heterocycles. The lowest BCUT2D eigenvalue weighted by molar-refractivity contribution is -0.119. The van der Waals surface area contributed by atoms with Gasteiger partial charge in [-0.3, -0.25) is 4.79 Å². The van der Waals surface area contributed by atoms with Crippen molar-refractivity contribution < 1.29 is 4.79 Å². The number of carbonyl (C=O) groups is 1. The lowest BCUT2D eigenvalue weighted by Crippen LogP contribution is -2.35. The predicted molar refractivity (Wildman–Crippen MR) is 87.3 cm³/mol. The summed E-state index contributed by atoms with van der Waals surface area (Å²) in [4.78, 5) is 14.6. The number of rotatable bonds is 3. The van der Waals surface area contributed by atoms with Gasteiger partial charge in [0, 0.05) is 24.3 Å². The number of benzene rings is 1. The largest absolute Gasteiger partial charge is 0.399 e. The predicted octanol–water partition coefficient (Wildman–Crippen LogP) is 3.91. The Morgan fingerprint density at radius 3 is 2.81 bits per heavy atom. The number of hydrogen-bond acceptors (Lipinski definition) is 2. The molecular formula is C18H26N2O. The van der Waals surface area contributed by atoms with Gasteiger partial charge >= 0.3 is 0 Å². The zero-order valence-corrected chi connectivity index (χ0v) is 12.8. The van der Waals surface area contributed by atoms with Crippen molar-refractivity contribution in [3.8, 4) is 0 Å². The SMILES string of the molecule is Nc1ccc2c(c1)N(C(=O)CCC1CCCCC1)CCC2. The van der Waals surface area contributed by atoms with Gasteiger partial charge in [0.2, 0.25) is 5.91 Å². The van der Waals surface area contributed by atoms with Crippen molar-refractivity contribution in [3.05, 3.63) is 23.8 Å². The molecule has 0 unspecified atom stereocenters. The molecule has 1 aliphatic carbocycles. The lowest BCUT2D eigenvalue weighted by atomic mass is 9.86. The van der Waals surface area contributed by atoms with Gasteiger partial charge in [-0.05, 0) is 42.9 Å². The summed E-state index contributed by atoms with van der Waals surface area (Å²) in [5, 5.41) is 0. The van der Waals surface area contributed by atoms with Gasteiger partial charge in [0.25, 0.3) is 0 Å². The fourth-order valence-electron chi connectivity index (χ4n) is 3.79. The molecule has 0 radical (unpaired) electrons. The average molecular weight is 286 g/mol. The molecule has 0 spiro atoms. The third-order valence-electron chi connectivity index (χ3n) is 5.02. The standard InChI is InChI=1S/C18H26N2O/c19-16-10-9-15-7-4-12-20(17(15)13-16)18(21)11-8-14-5-2-1-3-6-14/h9-10,13-14H,1-8,11-12,19H2. The van der Waals surface area contributed by atoms with Crippen molar-refractivity contribution in [2.24, 2.45) is 5.92 Å². The monoisotopic (exact) mass is 286 g/mol. The molecule has 0 bridgehead atoms. The number of nitrogens with zero attached hydrogens (tertiary/aromatic N) is 1. The van der Waals surface area contributed by atoms with E-state index in [9.17, 15) is 4.79 Å². The molecule has 1 aromatic carbocycles. The number of fused-ring (bicyclic) bond motifs is 1. The van der Waals surface area contributed by atoms with Crippen LogP contribution in [0.3, 0.4) is 0 Å². The highest BCUT2D eigenvalue weighted by Gasteiger charge is 2.23. The van der Waals surface area contributed by atoms with Crippen LogP contribution in [0, 0.1) is 5.92 Å². The Labute approximate surface area is 127 Å². The van der Waals surface area contributed by atoms with Crippen LogP contribution < -0.4 is 10.6 Å². The maximum Gasteiger partial charge on any atom is 0.226 e. The molecule has 1 amide bonds. The summed E-state index contributed by atoms with van der Waals surface area (Å²) in [6, 6.07) is 5.98. The van der Waals surface area contributed by atoms with Gasteiger partial charge in [-0.25, -0.2) is 0 Å². The summed E-state index contributed by atoms with van der Waals surface area (Å²) < 4.78 is 0. The number of nitrogens with two attached hydrogens (primary N) is 1. The van der Waals surface area contributed by atoms with Crippen LogP contribution in [-0.2, 0) is 11.2 Å². The fourth-order valence-corrected chi connectivity index (χ4v) is 3.79. The Morgan fingerprint density at radius 2 is 2.00 bits per heavy atom. The highest BCUT2D eigenvalue weighted by Crippen LogP contribution is 2.31. The minimum absolute atomic E-state index is 0.284. The molecule has 21 heavy (non-hydrogen) atoms. The Balaban J connectivity index is 1.64. The molecule has 2 N–H and O–H groups in total. The van der Waals surface area contributed by atoms with Gasteiger partial charge in [0.1, 0.15) is 0 Å². The number of hydrogen-bond donors (Lipinski definition) is 1. The maximum atomic E-state index is 12.6. The molecule has 0 atom stereocenters. The van der Waals surface area contributed by atoms with Gasteiger partial charge < -0.3 is 10.6 Å². The van der Waals surface area contributed by atoms with Gasteiger partial charge in [0.15, 0.2) is 0 Å². The minimum Gasteiger partial charge on any atom is -0.399 e. The van der Waals surface area contributed by atoms with Crippen molar-refractivity contribution in [2.45, 2.75) is 57.8 Å². The molecule has 0 saturated heterocycles. The smallest absolute Gasteiger partial charge is 0.226 e. The van der Waals surface area contributed by atoms with E-state index >= 15 is 0 Å². The van der Waals surface area contributed by atoms with Crippen LogP contribution >= 0.6 is 0 Å². The molecule has 0 aromatic heterocycles. The van der Waals surface area contributed by atoms with E-state index < -0.39 is 0 Å². The topological polar surface area (TPSA) is 46.3 Å². The zero-order chi connectivity index (χ0) is 14.7. The second-order valence-corrected chi connectivity index (χ2v) is 6.58. The van der Waals surface area contributed by atoms with Gasteiger partial charge in [-0.2, -0.15) is 0 Å². The number of carbonyl (C=O) groups excluding carboxylic acids is 1. The molecule has 3 nitrogen and oxygen atoms in total. The molecule has 1 fully saturated rings. The Morgan fingerprint density at radius 1 is 1.19 bits per heavy atom. The maximum absolute atomic E-state index is 12.6. The molecule has 1 aromatic rings. The van der Waals surface area contributed by atoms with E-state index in [1.165, 1.54) is 37.7 Å². The third-order valence-corrected chi connectivity index (χ3v) is 5.02. The summed E-state index contributed by atoms with van der Waals surface area (Å²) in [5.74, 6) is 1.06. The summed E-state index contributed by atoms with van der Waals surface area (Å²) in [6.07, 6.45) is 10.6. The second-order valence-electron chi connectivity index (χ2n) is 6.58. The first-order valence-electron chi connectivity index (χ1n) is 8.43. The first-order valence-corrected chi connectivity index (χ1v) is 8.43. The minimum atomic E-state index is 0.284. The summed E-state index contributed by atoms with van der Waals surface area (Å²) in [6.45, 7) is 0.847. The Kier molecular flexibility index (Phi) is 4.47. The molecule has 3 heteroatoms. The first kappa shape index (κ1) is 14.4. The van der Waals surface area contributed by atoms with Crippen LogP contribution in [-0.4, -0.2) is 12.5 Å². The summed E-state index contributed by atoms with van der Waals surface area (Å²) in [7, 11) is 0. The number of amides is 1. The van der Waals surface area contributed by atoms with Crippen molar-refractivity contribution >= 4 is 17.3 Å². The second kappa shape index (κ2) is 6.50. The van der Waals surface area contributed by atoms with Crippen molar-refractivity contribution in [1.82, 2.24) is 0 Å². The van der Waals surface area contributed by atoms with E-state index in [2.05, 4.69) is 6.07 Å². The van der Waals surface area contributed by atoms with Crippen molar-refractivity contribution in [3.63, 3.8) is 0 Å². The van der Waals surface area contributed by atoms with Crippen LogP contribution in [0.5, 0.6) is 0 Å². The third kappa shape index (κ3) is 3.39. The molecule has 3 rings (SSSR count). The molecule has 2 aliphatic rings. The average Bonchev–Trinajstić information content (AvgIpc) is 2.53.